The molecule has 116 valence electrons. The molecule has 0 saturated heterocycles. The van der Waals surface area contributed by atoms with Gasteiger partial charge in [0, 0.05) is 23.7 Å². The molecule has 1 N–H and O–H groups in total. The Kier molecular flexibility index (Phi) is 4.15. The number of hydrogen-bond donors (Lipinski definition) is 1. The molecule has 0 atom stereocenters. The lowest BCUT2D eigenvalue weighted by Gasteiger charge is -2.10. The molecular weight excluding hydrogens is 316 g/mol. The first-order chi connectivity index (χ1) is 11.1. The molecule has 0 bridgehead atoms. The lowest BCUT2D eigenvalue weighted by molar-refractivity contribution is -0.384. The second-order valence-electron chi connectivity index (χ2n) is 4.62. The first kappa shape index (κ1) is 14.9. The van der Waals surface area contributed by atoms with Crippen molar-refractivity contribution in [2.75, 3.05) is 5.32 Å². The lowest BCUT2D eigenvalue weighted by atomic mass is 10.3. The van der Waals surface area contributed by atoms with Crippen LogP contribution in [0.2, 0.25) is 0 Å². The van der Waals surface area contributed by atoms with E-state index in [0.29, 0.717) is 17.3 Å². The van der Waals surface area contributed by atoms with Gasteiger partial charge in [0.1, 0.15) is 5.75 Å². The summed E-state index contributed by atoms with van der Waals surface area (Å²) in [5.41, 5.74) is 0.936. The molecular formula is C15H12N4O3S. The summed E-state index contributed by atoms with van der Waals surface area (Å²) in [6.45, 7) is 1.91. The summed E-state index contributed by atoms with van der Waals surface area (Å²) in [4.78, 5) is 18.8. The number of rotatable bonds is 5. The standard InChI is InChI=1S/C15H12N4O3S/c1-10-9-23-15(17-10)18-14-13(3-2-8-16-14)22-12-6-4-11(5-7-12)19(20)21/h2-9H,1H3,(H,16,17,18). The summed E-state index contributed by atoms with van der Waals surface area (Å²) in [7, 11) is 0. The minimum Gasteiger partial charge on any atom is -0.453 e. The zero-order chi connectivity index (χ0) is 16.2. The Balaban J connectivity index is 1.81. The van der Waals surface area contributed by atoms with Crippen molar-refractivity contribution < 1.29 is 9.66 Å². The first-order valence-electron chi connectivity index (χ1n) is 6.68. The SMILES string of the molecule is Cc1csc(Nc2ncccc2Oc2ccc([N+](=O)[O-])cc2)n1. The molecule has 1 aromatic carbocycles. The van der Waals surface area contributed by atoms with Gasteiger partial charge in [-0.2, -0.15) is 0 Å². The summed E-state index contributed by atoms with van der Waals surface area (Å²) < 4.78 is 5.75. The fraction of sp³-hybridized carbons (Fsp3) is 0.0667. The van der Waals surface area contributed by atoms with Crippen molar-refractivity contribution in [1.29, 1.82) is 0 Å². The van der Waals surface area contributed by atoms with E-state index < -0.39 is 4.92 Å². The van der Waals surface area contributed by atoms with Gasteiger partial charge >= 0.3 is 0 Å². The largest absolute Gasteiger partial charge is 0.453 e. The van der Waals surface area contributed by atoms with Crippen LogP contribution in [0.4, 0.5) is 16.6 Å². The number of hydrogen-bond acceptors (Lipinski definition) is 7. The topological polar surface area (TPSA) is 90.2 Å². The molecule has 0 spiro atoms. The van der Waals surface area contributed by atoms with E-state index in [4.69, 9.17) is 4.74 Å². The number of nitrogens with one attached hydrogen (secondary N) is 1. The smallest absolute Gasteiger partial charge is 0.269 e. The van der Waals surface area contributed by atoms with Crippen LogP contribution in [-0.2, 0) is 0 Å². The van der Waals surface area contributed by atoms with Gasteiger partial charge in [-0.25, -0.2) is 9.97 Å². The summed E-state index contributed by atoms with van der Waals surface area (Å²) in [5, 5.41) is 16.4. The first-order valence-corrected chi connectivity index (χ1v) is 7.56. The molecule has 0 aliphatic carbocycles. The number of pyridine rings is 1. The van der Waals surface area contributed by atoms with E-state index >= 15 is 0 Å². The van der Waals surface area contributed by atoms with Gasteiger partial charge in [-0.15, -0.1) is 11.3 Å². The van der Waals surface area contributed by atoms with E-state index in [1.807, 2.05) is 12.3 Å². The average Bonchev–Trinajstić information content (AvgIpc) is 2.95. The van der Waals surface area contributed by atoms with E-state index in [9.17, 15) is 10.1 Å². The van der Waals surface area contributed by atoms with E-state index in [1.54, 1.807) is 30.5 Å². The molecule has 0 unspecified atom stereocenters. The zero-order valence-corrected chi connectivity index (χ0v) is 12.9. The molecule has 0 amide bonds. The number of aromatic nitrogens is 2. The summed E-state index contributed by atoms with van der Waals surface area (Å²) in [6.07, 6.45) is 1.64. The van der Waals surface area contributed by atoms with Gasteiger partial charge in [0.2, 0.25) is 0 Å². The van der Waals surface area contributed by atoms with E-state index in [2.05, 4.69) is 15.3 Å². The number of benzene rings is 1. The number of thiazole rings is 1. The minimum atomic E-state index is -0.453. The molecule has 7 nitrogen and oxygen atoms in total. The maximum Gasteiger partial charge on any atom is 0.269 e. The highest BCUT2D eigenvalue weighted by Gasteiger charge is 2.10. The van der Waals surface area contributed by atoms with E-state index in [1.165, 1.54) is 23.5 Å². The fourth-order valence-corrected chi connectivity index (χ4v) is 2.53. The van der Waals surface area contributed by atoms with Crippen molar-refractivity contribution in [2.45, 2.75) is 6.92 Å². The maximum atomic E-state index is 10.7. The van der Waals surface area contributed by atoms with Crippen LogP contribution in [0.3, 0.4) is 0 Å². The van der Waals surface area contributed by atoms with Crippen LogP contribution in [0.25, 0.3) is 0 Å². The highest BCUT2D eigenvalue weighted by atomic mass is 32.1. The molecule has 0 radical (unpaired) electrons. The number of nitro benzene ring substituents is 1. The zero-order valence-electron chi connectivity index (χ0n) is 12.1. The van der Waals surface area contributed by atoms with Crippen LogP contribution < -0.4 is 10.1 Å². The van der Waals surface area contributed by atoms with Crippen LogP contribution in [-0.4, -0.2) is 14.9 Å². The molecule has 2 aromatic heterocycles. The number of nitro groups is 1. The third-order valence-corrected chi connectivity index (χ3v) is 3.77. The number of nitrogens with zero attached hydrogens (tertiary/aromatic N) is 3. The fourth-order valence-electron chi connectivity index (χ4n) is 1.84. The second-order valence-corrected chi connectivity index (χ2v) is 5.48. The monoisotopic (exact) mass is 328 g/mol. The number of ether oxygens (including phenoxy) is 1. The van der Waals surface area contributed by atoms with E-state index in [-0.39, 0.29) is 5.69 Å². The summed E-state index contributed by atoms with van der Waals surface area (Å²) in [5.74, 6) is 1.52. The van der Waals surface area contributed by atoms with E-state index in [0.717, 1.165) is 10.8 Å². The number of aryl methyl sites for hydroxylation is 1. The van der Waals surface area contributed by atoms with Gasteiger partial charge in [-0.05, 0) is 31.2 Å². The molecule has 0 aliphatic rings. The Morgan fingerprint density at radius 1 is 1.26 bits per heavy atom. The Bertz CT molecular complexity index is 833. The molecule has 0 aliphatic heterocycles. The van der Waals surface area contributed by atoms with Gasteiger partial charge in [0.25, 0.3) is 5.69 Å². The van der Waals surface area contributed by atoms with Crippen molar-refractivity contribution in [3.05, 3.63) is 63.8 Å². The molecule has 3 aromatic rings. The highest BCUT2D eigenvalue weighted by Crippen LogP contribution is 2.31. The molecule has 0 fully saturated rings. The Labute approximate surface area is 135 Å². The second kappa shape index (κ2) is 6.41. The quantitative estimate of drug-likeness (QED) is 0.555. The maximum absolute atomic E-state index is 10.7. The van der Waals surface area contributed by atoms with Crippen LogP contribution in [0.5, 0.6) is 11.5 Å². The van der Waals surface area contributed by atoms with Crippen molar-refractivity contribution in [3.8, 4) is 11.5 Å². The van der Waals surface area contributed by atoms with Gasteiger partial charge in [-0.3, -0.25) is 10.1 Å². The van der Waals surface area contributed by atoms with Crippen LogP contribution in [0.15, 0.2) is 48.0 Å². The predicted octanol–water partition coefficient (Wildman–Crippen LogP) is 4.29. The summed E-state index contributed by atoms with van der Waals surface area (Å²) in [6, 6.07) is 9.38. The predicted molar refractivity (Wildman–Crippen MR) is 87.5 cm³/mol. The average molecular weight is 328 g/mol. The third-order valence-electron chi connectivity index (χ3n) is 2.89. The molecule has 8 heteroatoms. The lowest BCUT2D eigenvalue weighted by Crippen LogP contribution is -1.96. The van der Waals surface area contributed by atoms with Crippen LogP contribution >= 0.6 is 11.3 Å². The Morgan fingerprint density at radius 2 is 2.04 bits per heavy atom. The van der Waals surface area contributed by atoms with Gasteiger partial charge in [-0.1, -0.05) is 0 Å². The number of non-ortho nitro benzene ring substituents is 1. The molecule has 2 heterocycles. The molecule has 3 rings (SSSR count). The minimum absolute atomic E-state index is 0.0140. The molecule has 0 saturated carbocycles. The van der Waals surface area contributed by atoms with Gasteiger partial charge in [0.05, 0.1) is 10.6 Å². The Hall–Kier alpha value is -3.00. The van der Waals surface area contributed by atoms with Gasteiger partial charge in [0.15, 0.2) is 16.7 Å². The van der Waals surface area contributed by atoms with Crippen molar-refractivity contribution in [1.82, 2.24) is 9.97 Å². The highest BCUT2D eigenvalue weighted by molar-refractivity contribution is 7.13. The number of anilines is 2. The third kappa shape index (κ3) is 3.61. The van der Waals surface area contributed by atoms with Crippen LogP contribution in [0.1, 0.15) is 5.69 Å². The van der Waals surface area contributed by atoms with Crippen molar-refractivity contribution >= 4 is 28.0 Å². The van der Waals surface area contributed by atoms with Crippen molar-refractivity contribution in [3.63, 3.8) is 0 Å². The normalized spacial score (nSPS) is 10.3. The van der Waals surface area contributed by atoms with Crippen LogP contribution in [0, 0.1) is 17.0 Å². The Morgan fingerprint density at radius 3 is 2.70 bits per heavy atom. The van der Waals surface area contributed by atoms with Crippen molar-refractivity contribution in [2.24, 2.45) is 0 Å². The molecule has 23 heavy (non-hydrogen) atoms. The van der Waals surface area contributed by atoms with Gasteiger partial charge < -0.3 is 10.1 Å². The summed E-state index contributed by atoms with van der Waals surface area (Å²) >= 11 is 1.47.